The van der Waals surface area contributed by atoms with Crippen LogP contribution >= 0.6 is 0 Å². The molecular weight excluding hydrogens is 304 g/mol. The molecule has 2 saturated heterocycles. The molecule has 0 aliphatic carbocycles. The van der Waals surface area contributed by atoms with E-state index in [2.05, 4.69) is 0 Å². The van der Waals surface area contributed by atoms with Crippen LogP contribution in [0.15, 0.2) is 24.3 Å². The first-order valence-corrected chi connectivity index (χ1v) is 8.75. The van der Waals surface area contributed by atoms with Crippen molar-refractivity contribution in [2.75, 3.05) is 23.0 Å². The van der Waals surface area contributed by atoms with Gasteiger partial charge in [-0.25, -0.2) is 4.79 Å². The number of hydrogen-bond acceptors (Lipinski definition) is 4. The summed E-state index contributed by atoms with van der Waals surface area (Å²) >= 11 is 0. The van der Waals surface area contributed by atoms with E-state index in [9.17, 15) is 13.8 Å². The first kappa shape index (κ1) is 15.0. The van der Waals surface area contributed by atoms with Crippen LogP contribution < -0.4 is 10.6 Å². The fourth-order valence-corrected chi connectivity index (χ4v) is 4.25. The number of carbonyl (C=O) groups excluding carboxylic acids is 2. The third-order valence-electron chi connectivity index (χ3n) is 4.23. The van der Waals surface area contributed by atoms with Crippen LogP contribution in [0.4, 0.5) is 10.5 Å². The third kappa shape index (κ3) is 2.85. The van der Waals surface area contributed by atoms with E-state index in [-0.39, 0.29) is 6.61 Å². The third-order valence-corrected chi connectivity index (χ3v) is 5.61. The lowest BCUT2D eigenvalue weighted by Gasteiger charge is -2.23. The number of amides is 2. The van der Waals surface area contributed by atoms with Gasteiger partial charge in [-0.2, -0.15) is 0 Å². The zero-order valence-corrected chi connectivity index (χ0v) is 12.9. The summed E-state index contributed by atoms with van der Waals surface area (Å²) in [7, 11) is -0.677. The Morgan fingerprint density at radius 2 is 1.86 bits per heavy atom. The molecule has 2 aliphatic heterocycles. The molecule has 118 valence electrons. The Balaban J connectivity index is 1.77. The van der Waals surface area contributed by atoms with Crippen molar-refractivity contribution in [3.05, 3.63) is 29.8 Å². The molecule has 0 radical (unpaired) electrons. The quantitative estimate of drug-likeness (QED) is 0.903. The van der Waals surface area contributed by atoms with Crippen LogP contribution in [-0.4, -0.2) is 40.4 Å². The highest BCUT2D eigenvalue weighted by Gasteiger charge is 2.38. The number of anilines is 1. The number of nitrogens with zero attached hydrogens (tertiary/aromatic N) is 1. The second-order valence-corrected chi connectivity index (χ2v) is 7.28. The molecule has 0 bridgehead atoms. The SMILES string of the molecule is NC(=O)[C@@H]1COC(=O)N1c1ccc(C2CCS(=O)CC2)cc1. The Morgan fingerprint density at radius 1 is 1.23 bits per heavy atom. The Kier molecular flexibility index (Phi) is 4.15. The maximum absolute atomic E-state index is 11.8. The second kappa shape index (κ2) is 6.08. The summed E-state index contributed by atoms with van der Waals surface area (Å²) in [4.78, 5) is 24.5. The van der Waals surface area contributed by atoms with Crippen molar-refractivity contribution < 1.29 is 18.5 Å². The number of cyclic esters (lactones) is 1. The fraction of sp³-hybridized carbons (Fsp3) is 0.467. The molecule has 2 heterocycles. The van der Waals surface area contributed by atoms with Crippen molar-refractivity contribution in [1.82, 2.24) is 0 Å². The van der Waals surface area contributed by atoms with Crippen LogP contribution in [0.2, 0.25) is 0 Å². The molecule has 1 aromatic rings. The van der Waals surface area contributed by atoms with Gasteiger partial charge in [0.1, 0.15) is 6.61 Å². The highest BCUT2D eigenvalue weighted by Crippen LogP contribution is 2.30. The summed E-state index contributed by atoms with van der Waals surface area (Å²) in [5.74, 6) is 1.32. The van der Waals surface area contributed by atoms with Gasteiger partial charge in [0.25, 0.3) is 0 Å². The number of primary amides is 1. The van der Waals surface area contributed by atoms with Crippen molar-refractivity contribution in [2.24, 2.45) is 5.73 Å². The summed E-state index contributed by atoms with van der Waals surface area (Å²) in [6.45, 7) is -0.00957. The van der Waals surface area contributed by atoms with Gasteiger partial charge < -0.3 is 10.5 Å². The average Bonchev–Trinajstić information content (AvgIpc) is 2.90. The standard InChI is InChI=1S/C15H18N2O4S/c16-14(18)13-9-21-15(19)17(13)12-3-1-10(2-4-12)11-5-7-22(20)8-6-11/h1-4,11,13H,5-9H2,(H2,16,18)/t11?,13-,22?/m0/s1. The normalized spacial score (nSPS) is 28.5. The van der Waals surface area contributed by atoms with Crippen molar-refractivity contribution >= 4 is 28.5 Å². The minimum absolute atomic E-state index is 0.00957. The van der Waals surface area contributed by atoms with E-state index in [1.54, 1.807) is 0 Å². The number of nitrogens with two attached hydrogens (primary N) is 1. The lowest BCUT2D eigenvalue weighted by Crippen LogP contribution is -2.43. The summed E-state index contributed by atoms with van der Waals surface area (Å²) < 4.78 is 16.3. The summed E-state index contributed by atoms with van der Waals surface area (Å²) in [6, 6.07) is 6.78. The summed E-state index contributed by atoms with van der Waals surface area (Å²) in [5.41, 5.74) is 7.08. The smallest absolute Gasteiger partial charge is 0.415 e. The average molecular weight is 322 g/mol. The van der Waals surface area contributed by atoms with Crippen LogP contribution in [0.3, 0.4) is 0 Å². The lowest BCUT2D eigenvalue weighted by atomic mass is 9.93. The van der Waals surface area contributed by atoms with E-state index >= 15 is 0 Å². The van der Waals surface area contributed by atoms with Crippen molar-refractivity contribution in [3.8, 4) is 0 Å². The van der Waals surface area contributed by atoms with Gasteiger partial charge in [-0.3, -0.25) is 13.9 Å². The van der Waals surface area contributed by atoms with E-state index in [1.165, 1.54) is 10.5 Å². The van der Waals surface area contributed by atoms with Crippen molar-refractivity contribution in [2.45, 2.75) is 24.8 Å². The Bertz CT molecular complexity index is 606. The number of rotatable bonds is 3. The van der Waals surface area contributed by atoms with Gasteiger partial charge in [0.05, 0.1) is 0 Å². The number of benzene rings is 1. The maximum Gasteiger partial charge on any atom is 0.415 e. The minimum atomic E-state index is -0.754. The zero-order valence-electron chi connectivity index (χ0n) is 12.1. The monoisotopic (exact) mass is 322 g/mol. The topological polar surface area (TPSA) is 89.7 Å². The Hall–Kier alpha value is -1.89. The number of ether oxygens (including phenoxy) is 1. The molecule has 0 unspecified atom stereocenters. The van der Waals surface area contributed by atoms with E-state index in [4.69, 9.17) is 10.5 Å². The predicted molar refractivity (Wildman–Crippen MR) is 83.1 cm³/mol. The van der Waals surface area contributed by atoms with Gasteiger partial charge in [-0.05, 0) is 36.5 Å². The largest absolute Gasteiger partial charge is 0.446 e. The first-order chi connectivity index (χ1) is 10.6. The van der Waals surface area contributed by atoms with Gasteiger partial charge in [0.15, 0.2) is 6.04 Å². The second-order valence-electron chi connectivity index (χ2n) is 5.58. The van der Waals surface area contributed by atoms with Gasteiger partial charge in [0.2, 0.25) is 5.91 Å². The van der Waals surface area contributed by atoms with E-state index < -0.39 is 28.8 Å². The van der Waals surface area contributed by atoms with Crippen LogP contribution in [0.1, 0.15) is 24.3 Å². The molecule has 1 atom stereocenters. The molecule has 2 N–H and O–H groups in total. The van der Waals surface area contributed by atoms with Crippen molar-refractivity contribution in [3.63, 3.8) is 0 Å². The molecule has 3 rings (SSSR count). The molecular formula is C15H18N2O4S. The highest BCUT2D eigenvalue weighted by atomic mass is 32.2. The molecule has 0 saturated carbocycles. The maximum atomic E-state index is 11.8. The minimum Gasteiger partial charge on any atom is -0.446 e. The summed E-state index contributed by atoms with van der Waals surface area (Å²) in [5, 5.41) is 0. The van der Waals surface area contributed by atoms with Gasteiger partial charge >= 0.3 is 6.09 Å². The van der Waals surface area contributed by atoms with Crippen molar-refractivity contribution in [1.29, 1.82) is 0 Å². The Labute approximate surface area is 131 Å². The van der Waals surface area contributed by atoms with Crippen LogP contribution in [0.5, 0.6) is 0 Å². The number of hydrogen-bond donors (Lipinski definition) is 1. The Morgan fingerprint density at radius 3 is 2.45 bits per heavy atom. The predicted octanol–water partition coefficient (Wildman–Crippen LogP) is 1.12. The molecule has 7 heteroatoms. The molecule has 6 nitrogen and oxygen atoms in total. The van der Waals surface area contributed by atoms with E-state index in [1.807, 2.05) is 24.3 Å². The fourth-order valence-electron chi connectivity index (χ4n) is 2.95. The van der Waals surface area contributed by atoms with Gasteiger partial charge in [-0.1, -0.05) is 12.1 Å². The molecule has 2 aliphatic rings. The van der Waals surface area contributed by atoms with Crippen LogP contribution in [0.25, 0.3) is 0 Å². The van der Waals surface area contributed by atoms with Crippen LogP contribution in [0, 0.1) is 0 Å². The molecule has 0 spiro atoms. The molecule has 2 fully saturated rings. The van der Waals surface area contributed by atoms with Gasteiger partial charge in [-0.15, -0.1) is 0 Å². The molecule has 1 aromatic carbocycles. The van der Waals surface area contributed by atoms with Gasteiger partial charge in [0, 0.05) is 28.0 Å². The molecule has 22 heavy (non-hydrogen) atoms. The van der Waals surface area contributed by atoms with E-state index in [0.29, 0.717) is 11.6 Å². The number of carbonyl (C=O) groups is 2. The van der Waals surface area contributed by atoms with E-state index in [0.717, 1.165) is 24.3 Å². The highest BCUT2D eigenvalue weighted by molar-refractivity contribution is 7.85. The molecule has 2 amide bonds. The molecule has 0 aromatic heterocycles. The van der Waals surface area contributed by atoms with Crippen LogP contribution in [-0.2, 0) is 20.3 Å². The zero-order chi connectivity index (χ0) is 15.7. The summed E-state index contributed by atoms with van der Waals surface area (Å²) in [6.07, 6.45) is 1.29. The first-order valence-electron chi connectivity index (χ1n) is 7.26. The lowest BCUT2D eigenvalue weighted by molar-refractivity contribution is -0.119.